The molecular formula is C15H30N4O2. The van der Waals surface area contributed by atoms with E-state index in [-0.39, 0.29) is 18.4 Å². The van der Waals surface area contributed by atoms with Crippen molar-refractivity contribution in [2.45, 2.75) is 39.2 Å². The van der Waals surface area contributed by atoms with Gasteiger partial charge in [-0.25, -0.2) is 0 Å². The molecule has 122 valence electrons. The van der Waals surface area contributed by atoms with E-state index in [2.05, 4.69) is 22.5 Å². The van der Waals surface area contributed by atoms with Crippen LogP contribution in [0.2, 0.25) is 0 Å². The number of rotatable bonds is 9. The molecule has 6 heteroatoms. The fourth-order valence-corrected chi connectivity index (χ4v) is 2.47. The van der Waals surface area contributed by atoms with Gasteiger partial charge in [-0.2, -0.15) is 0 Å². The Hall–Kier alpha value is -1.14. The first kappa shape index (κ1) is 17.9. The molecule has 2 amide bonds. The first-order valence-electron chi connectivity index (χ1n) is 8.03. The lowest BCUT2D eigenvalue weighted by atomic mass is 10.2. The quantitative estimate of drug-likeness (QED) is 0.631. The summed E-state index contributed by atoms with van der Waals surface area (Å²) in [6.45, 7) is 8.08. The maximum atomic E-state index is 12.2. The van der Waals surface area contributed by atoms with Gasteiger partial charge in [-0.1, -0.05) is 13.8 Å². The molecule has 1 atom stereocenters. The summed E-state index contributed by atoms with van der Waals surface area (Å²) < 4.78 is 0. The van der Waals surface area contributed by atoms with Crippen LogP contribution in [0.15, 0.2) is 0 Å². The van der Waals surface area contributed by atoms with Gasteiger partial charge in [0.05, 0.1) is 13.1 Å². The van der Waals surface area contributed by atoms with E-state index < -0.39 is 0 Å². The van der Waals surface area contributed by atoms with Crippen molar-refractivity contribution < 1.29 is 9.59 Å². The first-order chi connectivity index (χ1) is 10.1. The molecule has 2 N–H and O–H groups in total. The molecule has 1 saturated heterocycles. The number of hydrogen-bond acceptors (Lipinski definition) is 4. The van der Waals surface area contributed by atoms with Gasteiger partial charge < -0.3 is 15.5 Å². The molecule has 1 unspecified atom stereocenters. The smallest absolute Gasteiger partial charge is 0.239 e. The predicted octanol–water partition coefficient (Wildman–Crippen LogP) is 0.0449. The number of carbonyl (C=O) groups excluding carboxylic acids is 2. The van der Waals surface area contributed by atoms with Gasteiger partial charge in [0.1, 0.15) is 0 Å². The average Bonchev–Trinajstić information content (AvgIpc) is 2.97. The van der Waals surface area contributed by atoms with Crippen molar-refractivity contribution in [2.24, 2.45) is 0 Å². The van der Waals surface area contributed by atoms with Gasteiger partial charge in [0.25, 0.3) is 0 Å². The normalized spacial score (nSPS) is 18.0. The number of amides is 2. The summed E-state index contributed by atoms with van der Waals surface area (Å²) in [5, 5.41) is 6.24. The average molecular weight is 298 g/mol. The van der Waals surface area contributed by atoms with Gasteiger partial charge in [0, 0.05) is 26.2 Å². The molecule has 1 heterocycles. The molecule has 0 aromatic heterocycles. The highest BCUT2D eigenvalue weighted by molar-refractivity contribution is 5.85. The maximum Gasteiger partial charge on any atom is 0.239 e. The molecule has 1 rings (SSSR count). The fourth-order valence-electron chi connectivity index (χ4n) is 2.47. The van der Waals surface area contributed by atoms with E-state index in [1.54, 1.807) is 7.05 Å². The van der Waals surface area contributed by atoms with Crippen LogP contribution in [0.25, 0.3) is 0 Å². The monoisotopic (exact) mass is 298 g/mol. The predicted molar refractivity (Wildman–Crippen MR) is 84.1 cm³/mol. The van der Waals surface area contributed by atoms with E-state index in [4.69, 9.17) is 0 Å². The molecule has 0 bridgehead atoms. The Kier molecular flexibility index (Phi) is 8.30. The van der Waals surface area contributed by atoms with Crippen LogP contribution in [0.4, 0.5) is 0 Å². The van der Waals surface area contributed by atoms with Crippen LogP contribution in [0, 0.1) is 0 Å². The minimum absolute atomic E-state index is 0.00138. The molecule has 1 aliphatic rings. The van der Waals surface area contributed by atoms with Crippen molar-refractivity contribution in [2.75, 3.05) is 46.3 Å². The minimum atomic E-state index is -0.0896. The Labute approximate surface area is 128 Å². The van der Waals surface area contributed by atoms with Crippen molar-refractivity contribution in [3.8, 4) is 0 Å². The van der Waals surface area contributed by atoms with E-state index in [9.17, 15) is 9.59 Å². The summed E-state index contributed by atoms with van der Waals surface area (Å²) in [6, 6.07) is 0.496. The summed E-state index contributed by atoms with van der Waals surface area (Å²) in [5.74, 6) is -0.0882. The Morgan fingerprint density at radius 2 is 2.05 bits per heavy atom. The van der Waals surface area contributed by atoms with Crippen molar-refractivity contribution in [3.05, 3.63) is 0 Å². The Morgan fingerprint density at radius 1 is 1.29 bits per heavy atom. The largest absolute Gasteiger partial charge is 0.355 e. The molecule has 0 radical (unpaired) electrons. The lowest BCUT2D eigenvalue weighted by molar-refractivity contribution is -0.135. The molecule has 0 saturated carbocycles. The second kappa shape index (κ2) is 9.73. The Morgan fingerprint density at radius 3 is 2.62 bits per heavy atom. The lowest BCUT2D eigenvalue weighted by Gasteiger charge is -2.26. The number of nitrogens with zero attached hydrogens (tertiary/aromatic N) is 2. The molecule has 1 fully saturated rings. The second-order valence-corrected chi connectivity index (χ2v) is 5.72. The van der Waals surface area contributed by atoms with Crippen molar-refractivity contribution in [1.82, 2.24) is 20.4 Å². The second-order valence-electron chi connectivity index (χ2n) is 5.72. The van der Waals surface area contributed by atoms with E-state index in [0.717, 1.165) is 26.1 Å². The van der Waals surface area contributed by atoms with Crippen LogP contribution in [0.5, 0.6) is 0 Å². The molecule has 0 aromatic rings. The number of carbonyl (C=O) groups is 2. The third-order valence-electron chi connectivity index (χ3n) is 3.83. The fraction of sp³-hybridized carbons (Fsp3) is 0.867. The summed E-state index contributed by atoms with van der Waals surface area (Å²) in [4.78, 5) is 27.5. The third kappa shape index (κ3) is 6.91. The van der Waals surface area contributed by atoms with Crippen LogP contribution < -0.4 is 10.6 Å². The number of nitrogens with one attached hydrogen (secondary N) is 2. The number of likely N-dealkylation sites (N-methyl/N-ethyl adjacent to an activating group) is 2. The summed E-state index contributed by atoms with van der Waals surface area (Å²) >= 11 is 0. The highest BCUT2D eigenvalue weighted by atomic mass is 16.2. The molecule has 21 heavy (non-hydrogen) atoms. The first-order valence-corrected chi connectivity index (χ1v) is 8.03. The lowest BCUT2D eigenvalue weighted by Crippen LogP contribution is -2.46. The van der Waals surface area contributed by atoms with Gasteiger partial charge in [-0.05, 0) is 32.4 Å². The molecule has 0 aliphatic carbocycles. The number of hydrogen-bond donors (Lipinski definition) is 2. The van der Waals surface area contributed by atoms with Gasteiger partial charge >= 0.3 is 0 Å². The summed E-state index contributed by atoms with van der Waals surface area (Å²) in [5.41, 5.74) is 0. The maximum absolute atomic E-state index is 12.2. The molecule has 0 spiro atoms. The van der Waals surface area contributed by atoms with Crippen LogP contribution in [0.1, 0.15) is 33.1 Å². The van der Waals surface area contributed by atoms with Crippen molar-refractivity contribution in [3.63, 3.8) is 0 Å². The minimum Gasteiger partial charge on any atom is -0.355 e. The zero-order chi connectivity index (χ0) is 15.7. The van der Waals surface area contributed by atoms with Crippen molar-refractivity contribution in [1.29, 1.82) is 0 Å². The molecule has 0 aromatic carbocycles. The van der Waals surface area contributed by atoms with E-state index in [1.165, 1.54) is 17.7 Å². The Bertz CT molecular complexity index is 330. The SMILES string of the molecule is CCCNC(=O)CN(C)C(=O)CN(CC)CC1CCCN1. The molecule has 1 aliphatic heterocycles. The van der Waals surface area contributed by atoms with Crippen molar-refractivity contribution >= 4 is 11.8 Å². The summed E-state index contributed by atoms with van der Waals surface area (Å²) in [7, 11) is 1.69. The zero-order valence-electron chi connectivity index (χ0n) is 13.7. The third-order valence-corrected chi connectivity index (χ3v) is 3.83. The highest BCUT2D eigenvalue weighted by Crippen LogP contribution is 2.07. The highest BCUT2D eigenvalue weighted by Gasteiger charge is 2.20. The van der Waals surface area contributed by atoms with Gasteiger partial charge in [0.15, 0.2) is 0 Å². The standard InChI is InChI=1S/C15H30N4O2/c1-4-8-17-14(20)11-18(3)15(21)12-19(5-2)10-13-7-6-9-16-13/h13,16H,4-12H2,1-3H3,(H,17,20). The van der Waals surface area contributed by atoms with E-state index in [0.29, 0.717) is 19.1 Å². The van der Waals surface area contributed by atoms with Crippen LogP contribution >= 0.6 is 0 Å². The van der Waals surface area contributed by atoms with E-state index in [1.807, 2.05) is 6.92 Å². The van der Waals surface area contributed by atoms with Gasteiger partial charge in [-0.15, -0.1) is 0 Å². The van der Waals surface area contributed by atoms with Crippen LogP contribution in [0.3, 0.4) is 0 Å². The summed E-state index contributed by atoms with van der Waals surface area (Å²) in [6.07, 6.45) is 3.30. The topological polar surface area (TPSA) is 64.7 Å². The Balaban J connectivity index is 2.32. The molecule has 6 nitrogen and oxygen atoms in total. The van der Waals surface area contributed by atoms with Gasteiger partial charge in [0.2, 0.25) is 11.8 Å². The van der Waals surface area contributed by atoms with Gasteiger partial charge in [-0.3, -0.25) is 14.5 Å². The molecular weight excluding hydrogens is 268 g/mol. The van der Waals surface area contributed by atoms with E-state index >= 15 is 0 Å². The van der Waals surface area contributed by atoms with Crippen LogP contribution in [-0.2, 0) is 9.59 Å². The van der Waals surface area contributed by atoms with Crippen LogP contribution in [-0.4, -0.2) is 74.0 Å². The zero-order valence-corrected chi connectivity index (χ0v) is 13.7.